The summed E-state index contributed by atoms with van der Waals surface area (Å²) in [5, 5.41) is 3.55. The number of nitrogens with one attached hydrogen (secondary N) is 1. The van der Waals surface area contributed by atoms with Crippen LogP contribution >= 0.6 is 0 Å². The summed E-state index contributed by atoms with van der Waals surface area (Å²) in [6.07, 6.45) is 5.74. The molecule has 1 N–H and O–H groups in total. The molecule has 0 spiro atoms. The van der Waals surface area contributed by atoms with E-state index in [0.29, 0.717) is 6.04 Å². The Morgan fingerprint density at radius 2 is 2.20 bits per heavy atom. The Kier molecular flexibility index (Phi) is 4.65. The van der Waals surface area contributed by atoms with Crippen molar-refractivity contribution in [2.24, 2.45) is 5.41 Å². The van der Waals surface area contributed by atoms with Crippen LogP contribution in [0.2, 0.25) is 0 Å². The molecule has 2 heteroatoms. The van der Waals surface area contributed by atoms with Crippen molar-refractivity contribution in [1.29, 1.82) is 0 Å². The normalized spacial score (nSPS) is 19.3. The van der Waals surface area contributed by atoms with E-state index in [1.165, 1.54) is 0 Å². The molecule has 0 bridgehead atoms. The van der Waals surface area contributed by atoms with Crippen LogP contribution in [0, 0.1) is 5.41 Å². The number of ether oxygens (including phenoxy) is 1. The highest BCUT2D eigenvalue weighted by Crippen LogP contribution is 2.31. The van der Waals surface area contributed by atoms with Crippen molar-refractivity contribution < 1.29 is 4.74 Å². The van der Waals surface area contributed by atoms with E-state index < -0.39 is 0 Å². The summed E-state index contributed by atoms with van der Waals surface area (Å²) in [5.41, 5.74) is 0.263. The van der Waals surface area contributed by atoms with Gasteiger partial charge in [0.25, 0.3) is 0 Å². The van der Waals surface area contributed by atoms with Crippen LogP contribution in [0.4, 0.5) is 0 Å². The molecule has 1 rings (SSSR count). The molecule has 1 unspecified atom stereocenters. The molecular weight excluding hydrogens is 186 g/mol. The molecule has 1 aliphatic rings. The van der Waals surface area contributed by atoms with Gasteiger partial charge in [-0.2, -0.15) is 0 Å². The zero-order chi connectivity index (χ0) is 11.3. The van der Waals surface area contributed by atoms with Crippen molar-refractivity contribution in [1.82, 2.24) is 5.32 Å². The molecule has 0 aliphatic carbocycles. The Bertz CT molecular complexity index is 221. The highest BCUT2D eigenvalue weighted by molar-refractivity contribution is 5.10. The van der Waals surface area contributed by atoms with Crippen LogP contribution in [-0.2, 0) is 4.74 Å². The van der Waals surface area contributed by atoms with Crippen LogP contribution in [0.1, 0.15) is 47.0 Å². The van der Waals surface area contributed by atoms with Crippen LogP contribution in [0.5, 0.6) is 0 Å². The number of rotatable bonds is 5. The van der Waals surface area contributed by atoms with Crippen LogP contribution < -0.4 is 5.32 Å². The first-order valence-corrected chi connectivity index (χ1v) is 6.18. The van der Waals surface area contributed by atoms with Crippen LogP contribution in [-0.4, -0.2) is 19.2 Å². The monoisotopic (exact) mass is 211 g/mol. The Morgan fingerprint density at radius 1 is 1.47 bits per heavy atom. The van der Waals surface area contributed by atoms with Gasteiger partial charge in [0.1, 0.15) is 5.76 Å². The predicted molar refractivity (Wildman–Crippen MR) is 64.8 cm³/mol. The topological polar surface area (TPSA) is 21.3 Å². The van der Waals surface area contributed by atoms with Crippen molar-refractivity contribution >= 4 is 0 Å². The summed E-state index contributed by atoms with van der Waals surface area (Å²) >= 11 is 0. The molecule has 1 atom stereocenters. The van der Waals surface area contributed by atoms with Crippen LogP contribution in [0.3, 0.4) is 0 Å². The molecule has 0 saturated carbocycles. The Balaban J connectivity index is 2.76. The highest BCUT2D eigenvalue weighted by atomic mass is 16.5. The minimum Gasteiger partial charge on any atom is -0.497 e. The van der Waals surface area contributed by atoms with Gasteiger partial charge in [-0.1, -0.05) is 27.7 Å². The van der Waals surface area contributed by atoms with Gasteiger partial charge in [0, 0.05) is 0 Å². The van der Waals surface area contributed by atoms with E-state index >= 15 is 0 Å². The van der Waals surface area contributed by atoms with Gasteiger partial charge in [0.2, 0.25) is 0 Å². The molecule has 0 aromatic carbocycles. The fourth-order valence-electron chi connectivity index (χ4n) is 1.95. The standard InChI is InChI=1S/C13H25NO/c1-5-13(3,4)12(14-6-2)11-9-7-8-10-15-11/h9,12,14H,5-8,10H2,1-4H3. The molecule has 0 aromatic heterocycles. The van der Waals surface area contributed by atoms with Gasteiger partial charge in [-0.25, -0.2) is 0 Å². The van der Waals surface area contributed by atoms with Gasteiger partial charge in [-0.05, 0) is 37.3 Å². The van der Waals surface area contributed by atoms with E-state index in [4.69, 9.17) is 4.74 Å². The third kappa shape index (κ3) is 3.23. The lowest BCUT2D eigenvalue weighted by Gasteiger charge is -2.36. The summed E-state index contributed by atoms with van der Waals surface area (Å²) in [6, 6.07) is 0.368. The summed E-state index contributed by atoms with van der Waals surface area (Å²) in [6.45, 7) is 10.9. The van der Waals surface area contributed by atoms with E-state index in [2.05, 4.69) is 39.1 Å². The van der Waals surface area contributed by atoms with Crippen LogP contribution in [0.15, 0.2) is 11.8 Å². The first-order valence-electron chi connectivity index (χ1n) is 6.18. The van der Waals surface area contributed by atoms with E-state index in [1.807, 2.05) is 0 Å². The van der Waals surface area contributed by atoms with E-state index in [1.54, 1.807) is 0 Å². The minimum atomic E-state index is 0.263. The number of hydrogen-bond acceptors (Lipinski definition) is 2. The SMILES string of the molecule is CCNC(C1=CCCCO1)C(C)(C)CC. The van der Waals surface area contributed by atoms with E-state index in [0.717, 1.165) is 38.2 Å². The molecule has 0 fully saturated rings. The third-order valence-corrected chi connectivity index (χ3v) is 3.35. The minimum absolute atomic E-state index is 0.263. The third-order valence-electron chi connectivity index (χ3n) is 3.35. The molecule has 1 heterocycles. The van der Waals surface area contributed by atoms with Gasteiger partial charge in [-0.15, -0.1) is 0 Å². The first-order chi connectivity index (χ1) is 7.11. The lowest BCUT2D eigenvalue weighted by molar-refractivity contribution is 0.123. The summed E-state index contributed by atoms with van der Waals surface area (Å²) < 4.78 is 5.78. The van der Waals surface area contributed by atoms with Crippen molar-refractivity contribution in [3.8, 4) is 0 Å². The molecule has 2 nitrogen and oxygen atoms in total. The Labute approximate surface area is 94.1 Å². The molecule has 0 saturated heterocycles. The second kappa shape index (κ2) is 5.55. The fourth-order valence-corrected chi connectivity index (χ4v) is 1.95. The zero-order valence-corrected chi connectivity index (χ0v) is 10.6. The van der Waals surface area contributed by atoms with Crippen molar-refractivity contribution in [3.05, 3.63) is 11.8 Å². The number of allylic oxidation sites excluding steroid dienone is 1. The van der Waals surface area contributed by atoms with Crippen molar-refractivity contribution in [2.75, 3.05) is 13.2 Å². The average Bonchev–Trinajstić information content (AvgIpc) is 2.27. The second-order valence-electron chi connectivity index (χ2n) is 4.93. The maximum absolute atomic E-state index is 5.78. The van der Waals surface area contributed by atoms with Gasteiger partial charge >= 0.3 is 0 Å². The molecule has 0 aromatic rings. The van der Waals surface area contributed by atoms with E-state index in [-0.39, 0.29) is 5.41 Å². The van der Waals surface area contributed by atoms with Gasteiger partial charge in [0.15, 0.2) is 0 Å². The quantitative estimate of drug-likeness (QED) is 0.754. The second-order valence-corrected chi connectivity index (χ2v) is 4.93. The summed E-state index contributed by atoms with van der Waals surface area (Å²) in [4.78, 5) is 0. The Morgan fingerprint density at radius 3 is 2.67 bits per heavy atom. The van der Waals surface area contributed by atoms with Gasteiger partial charge in [-0.3, -0.25) is 0 Å². The maximum Gasteiger partial charge on any atom is 0.109 e. The number of likely N-dealkylation sites (N-methyl/N-ethyl adjacent to an activating group) is 1. The summed E-state index contributed by atoms with van der Waals surface area (Å²) in [5.74, 6) is 1.16. The number of hydrogen-bond donors (Lipinski definition) is 1. The molecule has 88 valence electrons. The Hall–Kier alpha value is -0.500. The van der Waals surface area contributed by atoms with Gasteiger partial charge < -0.3 is 10.1 Å². The zero-order valence-electron chi connectivity index (χ0n) is 10.6. The molecule has 15 heavy (non-hydrogen) atoms. The molecule has 0 radical (unpaired) electrons. The lowest BCUT2D eigenvalue weighted by atomic mass is 9.80. The molecule has 1 aliphatic heterocycles. The lowest BCUT2D eigenvalue weighted by Crippen LogP contribution is -2.44. The average molecular weight is 211 g/mol. The first kappa shape index (κ1) is 12.6. The van der Waals surface area contributed by atoms with Gasteiger partial charge in [0.05, 0.1) is 12.6 Å². The predicted octanol–water partition coefficient (Wildman–Crippen LogP) is 3.10. The van der Waals surface area contributed by atoms with Crippen LogP contribution in [0.25, 0.3) is 0 Å². The van der Waals surface area contributed by atoms with E-state index in [9.17, 15) is 0 Å². The van der Waals surface area contributed by atoms with Crippen molar-refractivity contribution in [2.45, 2.75) is 53.0 Å². The fraction of sp³-hybridized carbons (Fsp3) is 0.846. The molecular formula is C13H25NO. The van der Waals surface area contributed by atoms with Crippen molar-refractivity contribution in [3.63, 3.8) is 0 Å². The molecule has 0 amide bonds. The smallest absolute Gasteiger partial charge is 0.109 e. The highest BCUT2D eigenvalue weighted by Gasteiger charge is 2.31. The largest absolute Gasteiger partial charge is 0.497 e. The maximum atomic E-state index is 5.78. The summed E-state index contributed by atoms with van der Waals surface area (Å²) in [7, 11) is 0.